The molecular weight excluding hydrogens is 667 g/mol. The van der Waals surface area contributed by atoms with Crippen molar-refractivity contribution >= 4 is 23.5 Å². The monoisotopic (exact) mass is 744 g/mol. The zero-order valence-corrected chi connectivity index (χ0v) is 34.9. The molecule has 0 aromatic heterocycles. The molecule has 0 aromatic carbocycles. The molecule has 18 atom stereocenters. The highest BCUT2D eigenvalue weighted by Gasteiger charge is 2.73. The normalized spacial score (nSPS) is 56.9. The van der Waals surface area contributed by atoms with Gasteiger partial charge in [-0.15, -0.1) is 0 Å². The van der Waals surface area contributed by atoms with Crippen molar-refractivity contribution in [3.63, 3.8) is 0 Å². The van der Waals surface area contributed by atoms with E-state index >= 15 is 0 Å². The number of thioether (sulfide) groups is 2. The van der Waals surface area contributed by atoms with Crippen LogP contribution < -0.4 is 0 Å². The van der Waals surface area contributed by atoms with E-state index in [1.165, 1.54) is 25.7 Å². The fraction of sp³-hybridized carbons (Fsp3) is 1.00. The number of nitrogens with zero attached hydrogens (tertiary/aromatic N) is 1. The van der Waals surface area contributed by atoms with E-state index in [-0.39, 0.29) is 0 Å². The fourth-order valence-electron chi connectivity index (χ4n) is 20.2. The molecule has 52 heavy (non-hydrogen) atoms. The van der Waals surface area contributed by atoms with E-state index in [2.05, 4.69) is 28.4 Å². The van der Waals surface area contributed by atoms with Crippen LogP contribution in [0.4, 0.5) is 0 Å². The molecule has 1 spiro atoms. The van der Waals surface area contributed by atoms with Crippen molar-refractivity contribution in [2.75, 3.05) is 0 Å². The summed E-state index contributed by atoms with van der Waals surface area (Å²) in [5.41, 5.74) is 0.765. The van der Waals surface area contributed by atoms with Gasteiger partial charge < -0.3 is 0 Å². The van der Waals surface area contributed by atoms with E-state index in [0.717, 1.165) is 116 Å². The van der Waals surface area contributed by atoms with Gasteiger partial charge in [-0.25, -0.2) is 0 Å². The predicted octanol–water partition coefficient (Wildman–Crippen LogP) is 13.2. The first-order valence-electron chi connectivity index (χ1n) is 24.9. The molecule has 0 amide bonds. The summed E-state index contributed by atoms with van der Waals surface area (Å²) in [7, 11) is 0. The number of hydrogen-bond acceptors (Lipinski definition) is 3. The summed E-state index contributed by atoms with van der Waals surface area (Å²) in [6.07, 6.45) is 46.0. The van der Waals surface area contributed by atoms with Crippen LogP contribution in [-0.2, 0) is 0 Å². The van der Waals surface area contributed by atoms with Crippen LogP contribution >= 0.6 is 23.5 Å². The minimum atomic E-state index is 0.765. The second-order valence-electron chi connectivity index (χ2n) is 22.3. The fourth-order valence-corrected chi connectivity index (χ4v) is 24.8. The van der Waals surface area contributed by atoms with Gasteiger partial charge >= 0.3 is 0 Å². The van der Waals surface area contributed by atoms with Crippen LogP contribution in [0.2, 0.25) is 0 Å². The third-order valence-corrected chi connectivity index (χ3v) is 24.9. The summed E-state index contributed by atoms with van der Waals surface area (Å²) in [6, 6.07) is 2.79. The van der Waals surface area contributed by atoms with Crippen LogP contribution in [0.1, 0.15) is 186 Å². The molecule has 2 saturated heterocycles. The van der Waals surface area contributed by atoms with Gasteiger partial charge in [0.2, 0.25) is 0 Å². The average Bonchev–Trinajstić information content (AvgIpc) is 3.94. The van der Waals surface area contributed by atoms with Crippen LogP contribution in [0.5, 0.6) is 0 Å². The molecule has 12 fully saturated rings. The van der Waals surface area contributed by atoms with E-state index in [0.29, 0.717) is 0 Å². The molecule has 0 bridgehead atoms. The van der Waals surface area contributed by atoms with Gasteiger partial charge in [0.25, 0.3) is 0 Å². The van der Waals surface area contributed by atoms with E-state index in [4.69, 9.17) is 0 Å². The largest absolute Gasteiger partial charge is 0.293 e. The van der Waals surface area contributed by atoms with E-state index in [9.17, 15) is 0 Å². The lowest BCUT2D eigenvalue weighted by Crippen LogP contribution is -2.60. The highest BCUT2D eigenvalue weighted by atomic mass is 32.2. The summed E-state index contributed by atoms with van der Waals surface area (Å²) >= 11 is 5.25. The maximum atomic E-state index is 3.60. The van der Waals surface area contributed by atoms with Crippen molar-refractivity contribution in [1.82, 2.24) is 4.90 Å². The Hall–Kier alpha value is 0.660. The second kappa shape index (κ2) is 13.9. The molecule has 2 heterocycles. The molecular formula is C49H77NS2. The van der Waals surface area contributed by atoms with Crippen molar-refractivity contribution in [3.8, 4) is 0 Å². The Balaban J connectivity index is 0.919. The third-order valence-electron chi connectivity index (χ3n) is 21.1. The molecule has 0 aromatic rings. The SMILES string of the molecule is C1CCC(N(C2CCCC3C4CCC5SC6CCCCC6C5C4SC32)C2CCCC3C2C2CCCCC2C32C3CCCCC3C3CCCCC32)CC1. The van der Waals surface area contributed by atoms with Gasteiger partial charge in [0, 0.05) is 39.1 Å². The lowest BCUT2D eigenvalue weighted by molar-refractivity contribution is -0.0642. The summed E-state index contributed by atoms with van der Waals surface area (Å²) in [5.74, 6) is 13.2. The standard InChI is InChI=1S/C49H77NS2/c1-2-14-30(15-3-1)50(42-26-12-20-33-34-28-29-44-46(48(34)52-47(33)42)36-19-7-11-27-43(36)51-44)41-25-13-24-40-45(41)35-18-6-10-23-39(35)49(40)37-21-8-4-16-31(37)32-17-5-9-22-38(32)49/h30-48H,1-29H2. The van der Waals surface area contributed by atoms with Crippen molar-refractivity contribution in [3.05, 3.63) is 0 Å². The Labute approximate surface area is 328 Å². The molecule has 0 N–H and O–H groups in total. The number of hydrogen-bond donors (Lipinski definition) is 0. The van der Waals surface area contributed by atoms with Gasteiger partial charge in [-0.05, 0) is 179 Å². The van der Waals surface area contributed by atoms with Crippen molar-refractivity contribution in [2.24, 2.45) is 76.4 Å². The average molecular weight is 744 g/mol. The molecule has 2 aliphatic heterocycles. The molecule has 10 saturated carbocycles. The second-order valence-corrected chi connectivity index (χ2v) is 25.1. The van der Waals surface area contributed by atoms with Gasteiger partial charge in [-0.1, -0.05) is 83.5 Å². The van der Waals surface area contributed by atoms with Gasteiger partial charge in [0.05, 0.1) is 0 Å². The number of rotatable bonds is 3. The van der Waals surface area contributed by atoms with Crippen LogP contribution in [0, 0.1) is 76.4 Å². The lowest BCUT2D eigenvalue weighted by Gasteiger charge is -2.56. The Kier molecular flexibility index (Phi) is 9.27. The maximum absolute atomic E-state index is 3.60. The summed E-state index contributed by atoms with van der Waals surface area (Å²) in [4.78, 5) is 3.60. The Morgan fingerprint density at radius 3 is 1.65 bits per heavy atom. The Morgan fingerprint density at radius 2 is 0.885 bits per heavy atom. The molecule has 18 unspecified atom stereocenters. The molecule has 12 rings (SSSR count). The quantitative estimate of drug-likeness (QED) is 0.283. The van der Waals surface area contributed by atoms with Gasteiger partial charge in [0.1, 0.15) is 0 Å². The summed E-state index contributed by atoms with van der Waals surface area (Å²) in [6.45, 7) is 0. The van der Waals surface area contributed by atoms with Gasteiger partial charge in [0.15, 0.2) is 0 Å². The van der Waals surface area contributed by atoms with Crippen molar-refractivity contribution in [1.29, 1.82) is 0 Å². The highest BCUT2D eigenvalue weighted by Crippen LogP contribution is 2.78. The first-order valence-corrected chi connectivity index (χ1v) is 26.8. The van der Waals surface area contributed by atoms with E-state index < -0.39 is 0 Å². The predicted molar refractivity (Wildman–Crippen MR) is 222 cm³/mol. The zero-order chi connectivity index (χ0) is 34.0. The van der Waals surface area contributed by atoms with Crippen molar-refractivity contribution < 1.29 is 0 Å². The van der Waals surface area contributed by atoms with Crippen LogP contribution in [0.15, 0.2) is 0 Å². The molecule has 12 aliphatic rings. The van der Waals surface area contributed by atoms with Crippen LogP contribution in [0.25, 0.3) is 0 Å². The zero-order valence-electron chi connectivity index (χ0n) is 33.2. The maximum Gasteiger partial charge on any atom is 0.0237 e. The summed E-state index contributed by atoms with van der Waals surface area (Å²) < 4.78 is 0. The number of fused-ring (bicyclic) bond motifs is 17. The Morgan fingerprint density at radius 1 is 0.327 bits per heavy atom. The van der Waals surface area contributed by atoms with Gasteiger partial charge in [-0.3, -0.25) is 4.90 Å². The molecule has 3 heteroatoms. The Bertz CT molecular complexity index is 1270. The highest BCUT2D eigenvalue weighted by molar-refractivity contribution is 8.02. The van der Waals surface area contributed by atoms with Crippen LogP contribution in [-0.4, -0.2) is 44.0 Å². The molecule has 1 nitrogen and oxygen atoms in total. The first-order chi connectivity index (χ1) is 25.8. The van der Waals surface area contributed by atoms with Gasteiger partial charge in [-0.2, -0.15) is 23.5 Å². The lowest BCUT2D eigenvalue weighted by atomic mass is 9.53. The first kappa shape index (κ1) is 34.7. The summed E-state index contributed by atoms with van der Waals surface area (Å²) in [5, 5.41) is 4.09. The van der Waals surface area contributed by atoms with Crippen molar-refractivity contribution in [2.45, 2.75) is 225 Å². The smallest absolute Gasteiger partial charge is 0.0237 e. The topological polar surface area (TPSA) is 3.24 Å². The van der Waals surface area contributed by atoms with Crippen LogP contribution in [0.3, 0.4) is 0 Å². The minimum absolute atomic E-state index is 0.765. The van der Waals surface area contributed by atoms with E-state index in [1.54, 1.807) is 161 Å². The van der Waals surface area contributed by atoms with E-state index in [1.807, 2.05) is 0 Å². The third kappa shape index (κ3) is 5.03. The molecule has 290 valence electrons. The molecule has 10 aliphatic carbocycles. The molecule has 0 radical (unpaired) electrons. The minimum Gasteiger partial charge on any atom is -0.293 e.